The quantitative estimate of drug-likeness (QED) is 0.821. The molecule has 1 aliphatic heterocycles. The molecule has 0 atom stereocenters. The number of carbonyl (C=O) groups excluding carboxylic acids is 1. The highest BCUT2D eigenvalue weighted by atomic mass is 16.2. The monoisotopic (exact) mass is 261 g/mol. The summed E-state index contributed by atoms with van der Waals surface area (Å²) in [4.78, 5) is 14.4. The van der Waals surface area contributed by atoms with Crippen molar-refractivity contribution >= 4 is 17.3 Å². The standard InChI is InChI=1S/C15H23N3O/c1-11-9-12(16)5-6-13(11)17-14(19)10-18-8-4-7-15(18,2)3/h5-6,9H,4,7-8,10,16H2,1-3H3,(H,17,19). The van der Waals surface area contributed by atoms with Crippen LogP contribution < -0.4 is 11.1 Å². The van der Waals surface area contributed by atoms with Gasteiger partial charge in [-0.1, -0.05) is 0 Å². The molecule has 4 nitrogen and oxygen atoms in total. The molecule has 0 saturated carbocycles. The molecule has 104 valence electrons. The van der Waals surface area contributed by atoms with Crippen molar-refractivity contribution in [1.29, 1.82) is 0 Å². The van der Waals surface area contributed by atoms with Crippen molar-refractivity contribution < 1.29 is 4.79 Å². The number of hydrogen-bond donors (Lipinski definition) is 2. The predicted molar refractivity (Wildman–Crippen MR) is 79.1 cm³/mol. The summed E-state index contributed by atoms with van der Waals surface area (Å²) in [6.45, 7) is 7.80. The van der Waals surface area contributed by atoms with E-state index >= 15 is 0 Å². The van der Waals surface area contributed by atoms with Crippen LogP contribution >= 0.6 is 0 Å². The Morgan fingerprint density at radius 2 is 2.21 bits per heavy atom. The molecule has 1 heterocycles. The SMILES string of the molecule is Cc1cc(N)ccc1NC(=O)CN1CCCC1(C)C. The van der Waals surface area contributed by atoms with Gasteiger partial charge in [0.15, 0.2) is 0 Å². The number of nitrogens with one attached hydrogen (secondary N) is 1. The number of anilines is 2. The highest BCUT2D eigenvalue weighted by Crippen LogP contribution is 2.27. The van der Waals surface area contributed by atoms with Crippen LogP contribution in [0.1, 0.15) is 32.3 Å². The van der Waals surface area contributed by atoms with E-state index in [1.807, 2.05) is 25.1 Å². The van der Waals surface area contributed by atoms with Crippen LogP contribution in [0.3, 0.4) is 0 Å². The minimum absolute atomic E-state index is 0.0443. The second-order valence-electron chi connectivity index (χ2n) is 5.96. The van der Waals surface area contributed by atoms with Crippen LogP contribution in [-0.4, -0.2) is 29.4 Å². The molecule has 1 aliphatic rings. The predicted octanol–water partition coefficient (Wildman–Crippen LogP) is 2.39. The number of likely N-dealkylation sites (tertiary alicyclic amines) is 1. The molecule has 0 unspecified atom stereocenters. The third-order valence-electron chi connectivity index (χ3n) is 3.93. The second-order valence-corrected chi connectivity index (χ2v) is 5.96. The first-order valence-corrected chi connectivity index (χ1v) is 6.79. The molecular weight excluding hydrogens is 238 g/mol. The average molecular weight is 261 g/mol. The Balaban J connectivity index is 1.98. The van der Waals surface area contributed by atoms with E-state index in [9.17, 15) is 4.79 Å². The van der Waals surface area contributed by atoms with Gasteiger partial charge in [0.1, 0.15) is 0 Å². The zero-order valence-corrected chi connectivity index (χ0v) is 12.0. The van der Waals surface area contributed by atoms with Gasteiger partial charge in [-0.3, -0.25) is 9.69 Å². The Kier molecular flexibility index (Phi) is 3.80. The first kappa shape index (κ1) is 13.9. The Morgan fingerprint density at radius 3 is 2.79 bits per heavy atom. The summed E-state index contributed by atoms with van der Waals surface area (Å²) in [6.07, 6.45) is 2.32. The Hall–Kier alpha value is -1.55. The largest absolute Gasteiger partial charge is 0.399 e. The zero-order chi connectivity index (χ0) is 14.0. The molecule has 1 saturated heterocycles. The molecule has 1 fully saturated rings. The lowest BCUT2D eigenvalue weighted by Crippen LogP contribution is -2.43. The van der Waals surface area contributed by atoms with Crippen molar-refractivity contribution in [3.8, 4) is 0 Å². The molecule has 19 heavy (non-hydrogen) atoms. The molecule has 0 bridgehead atoms. The summed E-state index contributed by atoms with van der Waals surface area (Å²) in [5.74, 6) is 0.0443. The van der Waals surface area contributed by atoms with E-state index in [-0.39, 0.29) is 11.4 Å². The van der Waals surface area contributed by atoms with E-state index in [1.165, 1.54) is 6.42 Å². The molecule has 2 rings (SSSR count). The lowest BCUT2D eigenvalue weighted by molar-refractivity contribution is -0.118. The molecule has 3 N–H and O–H groups in total. The molecule has 0 aliphatic carbocycles. The van der Waals surface area contributed by atoms with Gasteiger partial charge in [-0.2, -0.15) is 0 Å². The van der Waals surface area contributed by atoms with Gasteiger partial charge < -0.3 is 11.1 Å². The molecule has 4 heteroatoms. The molecule has 0 spiro atoms. The number of nitrogen functional groups attached to an aromatic ring is 1. The van der Waals surface area contributed by atoms with E-state index < -0.39 is 0 Å². The summed E-state index contributed by atoms with van der Waals surface area (Å²) in [6, 6.07) is 5.54. The van der Waals surface area contributed by atoms with E-state index in [0.717, 1.165) is 29.9 Å². The molecule has 1 aromatic rings. The number of nitrogens with zero attached hydrogens (tertiary/aromatic N) is 1. The Labute approximate surface area is 115 Å². The van der Waals surface area contributed by atoms with E-state index in [0.29, 0.717) is 6.54 Å². The van der Waals surface area contributed by atoms with Crippen LogP contribution in [0.15, 0.2) is 18.2 Å². The second kappa shape index (κ2) is 5.21. The van der Waals surface area contributed by atoms with Crippen molar-refractivity contribution in [1.82, 2.24) is 4.90 Å². The minimum atomic E-state index is 0.0443. The summed E-state index contributed by atoms with van der Waals surface area (Å²) in [7, 11) is 0. The van der Waals surface area contributed by atoms with Gasteiger partial charge in [-0.25, -0.2) is 0 Å². The molecular formula is C15H23N3O. The normalized spacial score (nSPS) is 18.5. The number of benzene rings is 1. The van der Waals surface area contributed by atoms with Crippen LogP contribution in [0.5, 0.6) is 0 Å². The van der Waals surface area contributed by atoms with E-state index in [2.05, 4.69) is 24.1 Å². The smallest absolute Gasteiger partial charge is 0.238 e. The van der Waals surface area contributed by atoms with Crippen LogP contribution in [0.2, 0.25) is 0 Å². The molecule has 1 amide bonds. The van der Waals surface area contributed by atoms with Crippen LogP contribution in [-0.2, 0) is 4.79 Å². The molecule has 0 radical (unpaired) electrons. The lowest BCUT2D eigenvalue weighted by Gasteiger charge is -2.30. The topological polar surface area (TPSA) is 58.4 Å². The summed E-state index contributed by atoms with van der Waals surface area (Å²) >= 11 is 0. The fourth-order valence-corrected chi connectivity index (χ4v) is 2.65. The molecule has 0 aromatic heterocycles. The van der Waals surface area contributed by atoms with Crippen molar-refractivity contribution in [2.24, 2.45) is 0 Å². The van der Waals surface area contributed by atoms with Crippen LogP contribution in [0, 0.1) is 6.92 Å². The van der Waals surface area contributed by atoms with Gasteiger partial charge in [0.05, 0.1) is 6.54 Å². The van der Waals surface area contributed by atoms with Crippen molar-refractivity contribution in [2.45, 2.75) is 39.2 Å². The van der Waals surface area contributed by atoms with E-state index in [1.54, 1.807) is 0 Å². The minimum Gasteiger partial charge on any atom is -0.399 e. The first-order chi connectivity index (χ1) is 8.88. The fraction of sp³-hybridized carbons (Fsp3) is 0.533. The van der Waals surface area contributed by atoms with Crippen molar-refractivity contribution in [2.75, 3.05) is 24.1 Å². The third kappa shape index (κ3) is 3.26. The highest BCUT2D eigenvalue weighted by molar-refractivity contribution is 5.93. The number of rotatable bonds is 3. The van der Waals surface area contributed by atoms with Crippen molar-refractivity contribution in [3.05, 3.63) is 23.8 Å². The van der Waals surface area contributed by atoms with Crippen molar-refractivity contribution in [3.63, 3.8) is 0 Å². The summed E-state index contributed by atoms with van der Waals surface area (Å²) in [5.41, 5.74) is 8.39. The van der Waals surface area contributed by atoms with Crippen LogP contribution in [0.4, 0.5) is 11.4 Å². The third-order valence-corrected chi connectivity index (χ3v) is 3.93. The summed E-state index contributed by atoms with van der Waals surface area (Å²) < 4.78 is 0. The fourth-order valence-electron chi connectivity index (χ4n) is 2.65. The average Bonchev–Trinajstić information content (AvgIpc) is 2.62. The number of hydrogen-bond acceptors (Lipinski definition) is 3. The first-order valence-electron chi connectivity index (χ1n) is 6.79. The number of amides is 1. The number of aryl methyl sites for hydroxylation is 1. The van der Waals surface area contributed by atoms with E-state index in [4.69, 9.17) is 5.73 Å². The zero-order valence-electron chi connectivity index (χ0n) is 12.0. The highest BCUT2D eigenvalue weighted by Gasteiger charge is 2.32. The van der Waals surface area contributed by atoms with Gasteiger partial charge >= 0.3 is 0 Å². The Bertz CT molecular complexity index is 482. The van der Waals surface area contributed by atoms with Gasteiger partial charge in [0, 0.05) is 16.9 Å². The number of nitrogens with two attached hydrogens (primary N) is 1. The molecule has 1 aromatic carbocycles. The maximum atomic E-state index is 12.1. The summed E-state index contributed by atoms with van der Waals surface area (Å²) in [5, 5.41) is 2.97. The van der Waals surface area contributed by atoms with Gasteiger partial charge in [-0.05, 0) is 63.9 Å². The lowest BCUT2D eigenvalue weighted by atomic mass is 10.0. The van der Waals surface area contributed by atoms with Gasteiger partial charge in [0.2, 0.25) is 5.91 Å². The maximum Gasteiger partial charge on any atom is 0.238 e. The number of carbonyl (C=O) groups is 1. The van der Waals surface area contributed by atoms with Gasteiger partial charge in [-0.15, -0.1) is 0 Å². The maximum absolute atomic E-state index is 12.1. The Morgan fingerprint density at radius 1 is 1.47 bits per heavy atom. The van der Waals surface area contributed by atoms with Gasteiger partial charge in [0.25, 0.3) is 0 Å². The van der Waals surface area contributed by atoms with Crippen LogP contribution in [0.25, 0.3) is 0 Å².